The molecule has 0 saturated carbocycles. The van der Waals surface area contributed by atoms with E-state index in [1.165, 1.54) is 9.80 Å². The molecule has 6 heteroatoms. The average molecular weight is 285 g/mol. The largest absolute Gasteiger partial charge is 0.334 e. The van der Waals surface area contributed by atoms with Crippen LogP contribution in [0.4, 0.5) is 4.79 Å². The van der Waals surface area contributed by atoms with Crippen molar-refractivity contribution in [2.45, 2.75) is 19.5 Å². The van der Waals surface area contributed by atoms with Gasteiger partial charge in [0.1, 0.15) is 0 Å². The van der Waals surface area contributed by atoms with Crippen molar-refractivity contribution in [3.8, 4) is 0 Å². The monoisotopic (exact) mass is 285 g/mol. The molecule has 0 aliphatic carbocycles. The summed E-state index contributed by atoms with van der Waals surface area (Å²) in [5, 5.41) is 0. The molecule has 2 aliphatic heterocycles. The molecule has 3 amide bonds. The summed E-state index contributed by atoms with van der Waals surface area (Å²) in [6.07, 6.45) is 1.58. The maximum Gasteiger partial charge on any atom is 0.334 e. The number of aliphatic imine (C=N–C) groups is 1. The molecule has 0 spiro atoms. The lowest BCUT2D eigenvalue weighted by atomic mass is 10.1. The minimum atomic E-state index is -0.503. The Hall–Kier alpha value is -2.50. The van der Waals surface area contributed by atoms with E-state index in [1.54, 1.807) is 25.0 Å². The molecule has 21 heavy (non-hydrogen) atoms. The Balaban J connectivity index is 1.93. The first kappa shape index (κ1) is 13.5. The Morgan fingerprint density at radius 2 is 2.00 bits per heavy atom. The molecular weight excluding hydrogens is 268 g/mol. The zero-order chi connectivity index (χ0) is 15.1. The van der Waals surface area contributed by atoms with Crippen LogP contribution in [-0.2, 0) is 11.3 Å². The van der Waals surface area contributed by atoms with Crippen LogP contribution in [-0.4, -0.2) is 58.6 Å². The molecule has 1 atom stereocenters. The van der Waals surface area contributed by atoms with Crippen LogP contribution in [0.15, 0.2) is 29.3 Å². The van der Waals surface area contributed by atoms with E-state index in [2.05, 4.69) is 4.99 Å². The number of rotatable bonds is 2. The molecule has 1 aromatic carbocycles. The van der Waals surface area contributed by atoms with E-state index in [4.69, 9.17) is 0 Å². The van der Waals surface area contributed by atoms with Crippen LogP contribution in [0, 0.1) is 6.92 Å². The molecule has 1 fully saturated rings. The molecule has 1 unspecified atom stereocenters. The number of hydrogen-bond donors (Lipinski definition) is 0. The summed E-state index contributed by atoms with van der Waals surface area (Å²) in [5.74, 6) is 0.268. The van der Waals surface area contributed by atoms with Gasteiger partial charge in [-0.25, -0.2) is 9.37 Å². The fraction of sp³-hybridized carbons (Fsp3) is 0.333. The maximum atomic E-state index is 12.6. The summed E-state index contributed by atoms with van der Waals surface area (Å²) in [4.78, 5) is 31.9. The number of amides is 3. The number of amidine groups is 1. The zero-order valence-corrected chi connectivity index (χ0v) is 12.3. The fourth-order valence-electron chi connectivity index (χ4n) is 2.65. The van der Waals surface area contributed by atoms with Crippen molar-refractivity contribution >= 4 is 24.1 Å². The number of aryl methyl sites for hydroxylation is 1. The highest BCUT2D eigenvalue weighted by Gasteiger charge is 2.50. The highest BCUT2D eigenvalue weighted by molar-refractivity contribution is 6.21. The van der Waals surface area contributed by atoms with Crippen molar-refractivity contribution in [3.05, 3.63) is 35.4 Å². The van der Waals surface area contributed by atoms with E-state index in [9.17, 15) is 9.59 Å². The number of urea groups is 1. The number of nitrogens with zero attached hydrogens (tertiary/aromatic N) is 4. The van der Waals surface area contributed by atoms with Gasteiger partial charge in [-0.05, 0) is 23.0 Å². The highest BCUT2D eigenvalue weighted by atomic mass is 16.2. The van der Waals surface area contributed by atoms with Gasteiger partial charge in [0.15, 0.2) is 0 Å². The number of carbonyl (C=O) groups is 2. The predicted octanol–water partition coefficient (Wildman–Crippen LogP) is 0.840. The summed E-state index contributed by atoms with van der Waals surface area (Å²) >= 11 is 0. The second kappa shape index (κ2) is 4.80. The molecule has 0 aromatic heterocycles. The summed E-state index contributed by atoms with van der Waals surface area (Å²) in [6.45, 7) is 2.26. The first-order valence-electron chi connectivity index (χ1n) is 6.77. The van der Waals surface area contributed by atoms with Crippen molar-refractivity contribution < 1.29 is 14.2 Å². The summed E-state index contributed by atoms with van der Waals surface area (Å²) in [6, 6.07) is 6.92. The Kier molecular flexibility index (Phi) is 3.08. The lowest BCUT2D eigenvalue weighted by molar-refractivity contribution is -0.501. The van der Waals surface area contributed by atoms with Crippen molar-refractivity contribution in [1.29, 1.82) is 0 Å². The summed E-state index contributed by atoms with van der Waals surface area (Å²) in [7, 11) is 3.44. The van der Waals surface area contributed by atoms with Gasteiger partial charge >= 0.3 is 6.03 Å². The van der Waals surface area contributed by atoms with Gasteiger partial charge in [0.2, 0.25) is 0 Å². The second-order valence-corrected chi connectivity index (χ2v) is 5.36. The third kappa shape index (κ3) is 2.03. The van der Waals surface area contributed by atoms with Crippen molar-refractivity contribution in [2.75, 3.05) is 14.1 Å². The van der Waals surface area contributed by atoms with Crippen LogP contribution in [0.25, 0.3) is 0 Å². The van der Waals surface area contributed by atoms with Crippen LogP contribution in [0.3, 0.4) is 0 Å². The Morgan fingerprint density at radius 3 is 2.71 bits per heavy atom. The van der Waals surface area contributed by atoms with Crippen molar-refractivity contribution in [1.82, 2.24) is 9.80 Å². The maximum absolute atomic E-state index is 12.6. The quantitative estimate of drug-likeness (QED) is 0.756. The minimum Gasteiger partial charge on any atom is -0.269 e. The van der Waals surface area contributed by atoms with E-state index >= 15 is 0 Å². The first-order chi connectivity index (χ1) is 10.0. The predicted molar refractivity (Wildman–Crippen MR) is 78.4 cm³/mol. The van der Waals surface area contributed by atoms with Gasteiger partial charge in [-0.2, -0.15) is 0 Å². The van der Waals surface area contributed by atoms with E-state index in [-0.39, 0.29) is 18.5 Å². The van der Waals surface area contributed by atoms with Crippen LogP contribution < -0.4 is 0 Å². The van der Waals surface area contributed by atoms with E-state index in [1.807, 2.05) is 31.2 Å². The number of carbonyl (C=O) groups excluding carboxylic acids is 2. The molecule has 3 rings (SSSR count). The fourth-order valence-corrected chi connectivity index (χ4v) is 2.65. The second-order valence-electron chi connectivity index (χ2n) is 5.36. The minimum absolute atomic E-state index is 0.226. The molecule has 2 aliphatic rings. The number of imide groups is 1. The summed E-state index contributed by atoms with van der Waals surface area (Å²) < 4.78 is 1.73. The number of hydrogen-bond acceptors (Lipinski definition) is 3. The number of likely N-dealkylation sites (N-methyl/N-ethyl adjacent to an activating group) is 2. The normalized spacial score (nSPS) is 21.4. The average Bonchev–Trinajstić information content (AvgIpc) is 2.85. The van der Waals surface area contributed by atoms with Gasteiger partial charge in [0.25, 0.3) is 24.1 Å². The van der Waals surface area contributed by atoms with E-state index < -0.39 is 6.04 Å². The molecule has 0 radical (unpaired) electrons. The van der Waals surface area contributed by atoms with Gasteiger partial charge in [-0.3, -0.25) is 14.6 Å². The smallest absolute Gasteiger partial charge is 0.269 e. The molecule has 0 N–H and O–H groups in total. The van der Waals surface area contributed by atoms with Crippen molar-refractivity contribution in [3.63, 3.8) is 0 Å². The van der Waals surface area contributed by atoms with E-state index in [0.717, 1.165) is 11.1 Å². The van der Waals surface area contributed by atoms with Crippen LogP contribution in [0.1, 0.15) is 11.1 Å². The third-order valence-corrected chi connectivity index (χ3v) is 3.98. The van der Waals surface area contributed by atoms with Gasteiger partial charge < -0.3 is 0 Å². The molecular formula is C15H17N4O2+. The summed E-state index contributed by atoms with van der Waals surface area (Å²) in [5.41, 5.74) is 2.03. The lowest BCUT2D eigenvalue weighted by Gasteiger charge is -2.33. The van der Waals surface area contributed by atoms with Gasteiger partial charge in [0, 0.05) is 7.05 Å². The van der Waals surface area contributed by atoms with Gasteiger partial charge in [-0.15, -0.1) is 0 Å². The lowest BCUT2D eigenvalue weighted by Crippen LogP contribution is -2.61. The Bertz CT molecular complexity index is 693. The van der Waals surface area contributed by atoms with Crippen LogP contribution in [0.2, 0.25) is 0 Å². The molecule has 0 bridgehead atoms. The van der Waals surface area contributed by atoms with Crippen LogP contribution in [0.5, 0.6) is 0 Å². The standard InChI is InChI=1S/C15H17N4O2/c1-10-6-4-5-7-11(10)8-19-14(20)12-13(16-9-17(12)2)18(3)15(19)21/h4-7,9,12H,8H2,1-3H3/q+1. The first-order valence-corrected chi connectivity index (χ1v) is 6.77. The molecule has 6 nitrogen and oxygen atoms in total. The molecule has 1 saturated heterocycles. The topological polar surface area (TPSA) is 56.0 Å². The molecule has 108 valence electrons. The third-order valence-electron chi connectivity index (χ3n) is 3.98. The molecule has 1 aromatic rings. The van der Waals surface area contributed by atoms with Crippen molar-refractivity contribution in [2.24, 2.45) is 4.99 Å². The zero-order valence-electron chi connectivity index (χ0n) is 12.3. The van der Waals surface area contributed by atoms with Gasteiger partial charge in [-0.1, -0.05) is 24.3 Å². The van der Waals surface area contributed by atoms with Crippen LogP contribution >= 0.6 is 0 Å². The van der Waals surface area contributed by atoms with E-state index in [0.29, 0.717) is 5.84 Å². The molecule has 2 heterocycles. The number of benzene rings is 1. The highest BCUT2D eigenvalue weighted by Crippen LogP contribution is 2.20. The SMILES string of the molecule is Cc1ccccc1CN1C(=O)C2C(=NC=[N+]2C)N(C)C1=O. The Morgan fingerprint density at radius 1 is 1.29 bits per heavy atom. The number of fused-ring (bicyclic) bond motifs is 1. The Labute approximate surface area is 123 Å². The van der Waals surface area contributed by atoms with Gasteiger partial charge in [0.05, 0.1) is 13.6 Å².